The Morgan fingerprint density at radius 3 is 1.79 bits per heavy atom. The maximum absolute atomic E-state index is 10.5. The summed E-state index contributed by atoms with van der Waals surface area (Å²) in [4.78, 5) is 10.5. The lowest BCUT2D eigenvalue weighted by molar-refractivity contribution is 0.134. The van der Waals surface area contributed by atoms with Crippen LogP contribution in [0.4, 0.5) is 4.79 Å². The molecule has 0 atom stereocenters. The highest BCUT2D eigenvalue weighted by Gasteiger charge is 2.08. The molecule has 4 heteroatoms. The van der Waals surface area contributed by atoms with Crippen molar-refractivity contribution in [3.05, 3.63) is 0 Å². The largest absolute Gasteiger partial charge is 0.464 e. The summed E-state index contributed by atoms with van der Waals surface area (Å²) >= 11 is 0. The quantitative estimate of drug-likeness (QED) is 0.682. The van der Waals surface area contributed by atoms with Crippen LogP contribution in [0, 0.1) is 0 Å². The molecule has 82 valence electrons. The van der Waals surface area contributed by atoms with Gasteiger partial charge in [0.2, 0.25) is 0 Å². The highest BCUT2D eigenvalue weighted by molar-refractivity contribution is 5.63. The summed E-state index contributed by atoms with van der Waals surface area (Å²) in [7, 11) is 0. The van der Waals surface area contributed by atoms with Crippen molar-refractivity contribution in [1.29, 1.82) is 0 Å². The van der Waals surface area contributed by atoms with Crippen LogP contribution in [0.2, 0.25) is 0 Å². The molecular weight excluding hydrogens is 180 g/mol. The summed E-state index contributed by atoms with van der Waals surface area (Å²) in [6, 6.07) is 0. The molecule has 1 amide bonds. The monoisotopic (exact) mass is 200 g/mol. The molecule has 0 aromatic carbocycles. The second-order valence-electron chi connectivity index (χ2n) is 3.88. The molecule has 2 N–H and O–H groups in total. The van der Waals surface area contributed by atoms with Gasteiger partial charge in [0, 0.05) is 13.1 Å². The second-order valence-corrected chi connectivity index (χ2v) is 3.88. The fourth-order valence-corrected chi connectivity index (χ4v) is 1.85. The first-order valence-corrected chi connectivity index (χ1v) is 5.53. The van der Waals surface area contributed by atoms with Gasteiger partial charge in [-0.2, -0.15) is 0 Å². The van der Waals surface area contributed by atoms with Crippen LogP contribution in [-0.4, -0.2) is 29.3 Å². The molecule has 1 aliphatic rings. The summed E-state index contributed by atoms with van der Waals surface area (Å²) in [6.07, 6.45) is 7.62. The Labute approximate surface area is 85.3 Å². The van der Waals surface area contributed by atoms with Gasteiger partial charge in [-0.1, -0.05) is 32.1 Å². The molecule has 0 spiro atoms. The first-order valence-electron chi connectivity index (χ1n) is 5.53. The van der Waals surface area contributed by atoms with Crippen LogP contribution in [-0.2, 0) is 0 Å². The molecule has 1 saturated heterocycles. The number of hydrogen-bond donors (Lipinski definition) is 2. The van der Waals surface area contributed by atoms with Crippen molar-refractivity contribution in [2.24, 2.45) is 0 Å². The fourth-order valence-electron chi connectivity index (χ4n) is 1.85. The molecule has 4 nitrogen and oxygen atoms in total. The van der Waals surface area contributed by atoms with Gasteiger partial charge in [-0.05, 0) is 12.8 Å². The molecule has 0 aromatic heterocycles. The standard InChI is InChI=1S/C10H20N2O2/c13-10(14)11-12-8-6-4-2-1-3-5-7-9-12/h11H,1-9H2,(H,13,14). The van der Waals surface area contributed by atoms with Gasteiger partial charge in [0.1, 0.15) is 0 Å². The van der Waals surface area contributed by atoms with Crippen LogP contribution in [0.3, 0.4) is 0 Å². The van der Waals surface area contributed by atoms with E-state index in [4.69, 9.17) is 5.11 Å². The molecule has 0 bridgehead atoms. The van der Waals surface area contributed by atoms with Crippen LogP contribution in [0.15, 0.2) is 0 Å². The Morgan fingerprint density at radius 1 is 0.929 bits per heavy atom. The van der Waals surface area contributed by atoms with Crippen molar-refractivity contribution in [1.82, 2.24) is 10.4 Å². The van der Waals surface area contributed by atoms with Gasteiger partial charge < -0.3 is 5.11 Å². The molecule has 0 unspecified atom stereocenters. The first-order chi connectivity index (χ1) is 6.79. The van der Waals surface area contributed by atoms with Crippen LogP contribution in [0.25, 0.3) is 0 Å². The Bertz CT molecular complexity index is 164. The van der Waals surface area contributed by atoms with Crippen LogP contribution < -0.4 is 5.43 Å². The number of hydrogen-bond acceptors (Lipinski definition) is 2. The van der Waals surface area contributed by atoms with E-state index in [1.54, 1.807) is 0 Å². The third-order valence-electron chi connectivity index (χ3n) is 2.61. The van der Waals surface area contributed by atoms with Gasteiger partial charge in [0.25, 0.3) is 0 Å². The molecule has 1 rings (SSSR count). The average molecular weight is 200 g/mol. The van der Waals surface area contributed by atoms with Crippen molar-refractivity contribution in [2.75, 3.05) is 13.1 Å². The zero-order valence-corrected chi connectivity index (χ0v) is 8.67. The molecule has 0 saturated carbocycles. The summed E-state index contributed by atoms with van der Waals surface area (Å²) in [5.74, 6) is 0. The lowest BCUT2D eigenvalue weighted by Crippen LogP contribution is -2.42. The topological polar surface area (TPSA) is 52.6 Å². The minimum atomic E-state index is -0.943. The predicted octanol–water partition coefficient (Wildman–Crippen LogP) is 2.22. The minimum Gasteiger partial charge on any atom is -0.464 e. The third kappa shape index (κ3) is 5.07. The van der Waals surface area contributed by atoms with Gasteiger partial charge in [0.15, 0.2) is 0 Å². The van der Waals surface area contributed by atoms with Crippen molar-refractivity contribution in [2.45, 2.75) is 44.9 Å². The van der Waals surface area contributed by atoms with E-state index >= 15 is 0 Å². The molecule has 1 aliphatic heterocycles. The predicted molar refractivity (Wildman–Crippen MR) is 55.1 cm³/mol. The molecule has 0 aliphatic carbocycles. The molecule has 1 heterocycles. The second kappa shape index (κ2) is 6.65. The number of nitrogens with one attached hydrogen (secondary N) is 1. The Balaban J connectivity index is 2.26. The molecule has 1 fully saturated rings. The lowest BCUT2D eigenvalue weighted by Gasteiger charge is -2.22. The van der Waals surface area contributed by atoms with E-state index in [1.165, 1.54) is 32.1 Å². The average Bonchev–Trinajstić information content (AvgIpc) is 2.15. The maximum Gasteiger partial charge on any atom is 0.419 e. The smallest absolute Gasteiger partial charge is 0.419 e. The molecule has 0 aromatic rings. The van der Waals surface area contributed by atoms with Crippen molar-refractivity contribution >= 4 is 6.09 Å². The van der Waals surface area contributed by atoms with Crippen LogP contribution in [0.1, 0.15) is 44.9 Å². The summed E-state index contributed by atoms with van der Waals surface area (Å²) < 4.78 is 0. The Hall–Kier alpha value is -0.770. The molecular formula is C10H20N2O2. The zero-order chi connectivity index (χ0) is 10.2. The summed E-state index contributed by atoms with van der Waals surface area (Å²) in [5, 5.41) is 10.4. The number of nitrogens with zero attached hydrogens (tertiary/aromatic N) is 1. The van der Waals surface area contributed by atoms with Gasteiger partial charge in [-0.25, -0.2) is 9.80 Å². The van der Waals surface area contributed by atoms with Crippen molar-refractivity contribution in [3.63, 3.8) is 0 Å². The minimum absolute atomic E-state index is 0.853. The Kier molecular flexibility index (Phi) is 5.37. The van der Waals surface area contributed by atoms with Gasteiger partial charge >= 0.3 is 6.09 Å². The number of amides is 1. The number of carbonyl (C=O) groups is 1. The first kappa shape index (κ1) is 11.3. The van der Waals surface area contributed by atoms with Crippen molar-refractivity contribution < 1.29 is 9.90 Å². The van der Waals surface area contributed by atoms with E-state index in [1.807, 2.05) is 5.01 Å². The summed E-state index contributed by atoms with van der Waals surface area (Å²) in [6.45, 7) is 1.71. The SMILES string of the molecule is O=C(O)NN1CCCCCCCCC1. The summed E-state index contributed by atoms with van der Waals surface area (Å²) in [5.41, 5.74) is 2.45. The van der Waals surface area contributed by atoms with E-state index in [-0.39, 0.29) is 0 Å². The maximum atomic E-state index is 10.5. The van der Waals surface area contributed by atoms with E-state index < -0.39 is 6.09 Å². The van der Waals surface area contributed by atoms with Crippen molar-refractivity contribution in [3.8, 4) is 0 Å². The van der Waals surface area contributed by atoms with Gasteiger partial charge in [0.05, 0.1) is 0 Å². The van der Waals surface area contributed by atoms with E-state index in [2.05, 4.69) is 5.43 Å². The van der Waals surface area contributed by atoms with E-state index in [0.717, 1.165) is 25.9 Å². The van der Waals surface area contributed by atoms with Crippen LogP contribution >= 0.6 is 0 Å². The Morgan fingerprint density at radius 2 is 1.36 bits per heavy atom. The highest BCUT2D eigenvalue weighted by Crippen LogP contribution is 2.10. The fraction of sp³-hybridized carbons (Fsp3) is 0.900. The molecule has 0 radical (unpaired) electrons. The van der Waals surface area contributed by atoms with Crippen LogP contribution in [0.5, 0.6) is 0 Å². The highest BCUT2D eigenvalue weighted by atomic mass is 16.4. The normalized spacial score (nSPS) is 21.4. The molecule has 14 heavy (non-hydrogen) atoms. The van der Waals surface area contributed by atoms with E-state index in [0.29, 0.717) is 0 Å². The van der Waals surface area contributed by atoms with Gasteiger partial charge in [-0.15, -0.1) is 0 Å². The zero-order valence-electron chi connectivity index (χ0n) is 8.67. The number of carboxylic acid groups (broad SMARTS) is 1. The third-order valence-corrected chi connectivity index (χ3v) is 2.61. The lowest BCUT2D eigenvalue weighted by atomic mass is 10.1. The number of hydrazine groups is 1. The van der Waals surface area contributed by atoms with Gasteiger partial charge in [-0.3, -0.25) is 5.43 Å². The number of rotatable bonds is 1. The van der Waals surface area contributed by atoms with E-state index in [9.17, 15) is 4.79 Å².